The summed E-state index contributed by atoms with van der Waals surface area (Å²) in [5.74, 6) is -1.30. The Hall–Kier alpha value is -2.21. The number of amides is 1. The van der Waals surface area contributed by atoms with Crippen LogP contribution in [0.25, 0.3) is 0 Å². The highest BCUT2D eigenvalue weighted by molar-refractivity contribution is 7.09. The number of carboxylic acids is 1. The Labute approximate surface area is 125 Å². The Bertz CT molecular complexity index is 710. The lowest BCUT2D eigenvalue weighted by Crippen LogP contribution is -2.48. The van der Waals surface area contributed by atoms with Crippen LogP contribution in [0.3, 0.4) is 0 Å². The molecule has 0 fully saturated rings. The highest BCUT2D eigenvalue weighted by atomic mass is 32.1. The molecule has 108 valence electrons. The van der Waals surface area contributed by atoms with E-state index in [9.17, 15) is 14.7 Å². The number of nitrogens with zero attached hydrogens (tertiary/aromatic N) is 2. The van der Waals surface area contributed by atoms with Gasteiger partial charge in [-0.15, -0.1) is 11.3 Å². The maximum absolute atomic E-state index is 12.5. The largest absolute Gasteiger partial charge is 0.480 e. The summed E-state index contributed by atoms with van der Waals surface area (Å²) in [6, 6.07) is 6.80. The summed E-state index contributed by atoms with van der Waals surface area (Å²) < 4.78 is 0. The van der Waals surface area contributed by atoms with Gasteiger partial charge < -0.3 is 10.0 Å². The van der Waals surface area contributed by atoms with E-state index in [0.717, 1.165) is 16.1 Å². The molecule has 1 aliphatic heterocycles. The van der Waals surface area contributed by atoms with E-state index in [1.54, 1.807) is 5.38 Å². The van der Waals surface area contributed by atoms with E-state index in [1.807, 2.05) is 31.2 Å². The molecule has 1 aliphatic rings. The van der Waals surface area contributed by atoms with Crippen LogP contribution in [0, 0.1) is 6.92 Å². The normalized spacial score (nSPS) is 17.4. The molecule has 2 heterocycles. The number of benzene rings is 1. The first-order valence-electron chi connectivity index (χ1n) is 6.59. The first-order chi connectivity index (χ1) is 10.1. The van der Waals surface area contributed by atoms with E-state index < -0.39 is 12.0 Å². The number of thiazole rings is 1. The number of aromatic nitrogens is 1. The molecule has 0 radical (unpaired) electrons. The summed E-state index contributed by atoms with van der Waals surface area (Å²) in [5, 5.41) is 11.9. The second-order valence-electron chi connectivity index (χ2n) is 5.01. The van der Waals surface area contributed by atoms with Gasteiger partial charge in [-0.25, -0.2) is 9.78 Å². The monoisotopic (exact) mass is 302 g/mol. The Balaban J connectivity index is 1.96. The Morgan fingerprint density at radius 1 is 1.33 bits per heavy atom. The van der Waals surface area contributed by atoms with Crippen LogP contribution in [-0.4, -0.2) is 32.9 Å². The highest BCUT2D eigenvalue weighted by Gasteiger charge is 2.35. The standard InChI is InChI=1S/C15H14N2O3S/c1-9-16-12(8-21-9)14(18)17-7-11-5-3-2-4-10(11)6-13(17)15(19)20/h2-5,8,13H,6-7H2,1H3,(H,19,20)/t13-/m0/s1. The third-order valence-electron chi connectivity index (χ3n) is 3.63. The zero-order valence-electron chi connectivity index (χ0n) is 11.4. The van der Waals surface area contributed by atoms with Gasteiger partial charge in [0.05, 0.1) is 5.01 Å². The first-order valence-corrected chi connectivity index (χ1v) is 7.47. The second kappa shape index (κ2) is 5.29. The van der Waals surface area contributed by atoms with Gasteiger partial charge in [0, 0.05) is 18.3 Å². The van der Waals surface area contributed by atoms with Gasteiger partial charge in [0.15, 0.2) is 0 Å². The van der Waals surface area contributed by atoms with Crippen LogP contribution in [0.5, 0.6) is 0 Å². The average Bonchev–Trinajstić information content (AvgIpc) is 2.91. The van der Waals surface area contributed by atoms with E-state index >= 15 is 0 Å². The van der Waals surface area contributed by atoms with Gasteiger partial charge in [0.1, 0.15) is 11.7 Å². The molecule has 3 rings (SSSR count). The minimum atomic E-state index is -0.982. The predicted molar refractivity (Wildman–Crippen MR) is 78.3 cm³/mol. The number of carbonyl (C=O) groups excluding carboxylic acids is 1. The third kappa shape index (κ3) is 2.54. The van der Waals surface area contributed by atoms with E-state index in [1.165, 1.54) is 16.2 Å². The molecule has 6 heteroatoms. The molecule has 0 saturated carbocycles. The Morgan fingerprint density at radius 2 is 2.05 bits per heavy atom. The molecule has 2 aromatic rings. The van der Waals surface area contributed by atoms with E-state index in [2.05, 4.69) is 4.98 Å². The van der Waals surface area contributed by atoms with Crippen LogP contribution in [0.1, 0.15) is 26.6 Å². The summed E-state index contributed by atoms with van der Waals surface area (Å²) in [6.45, 7) is 2.13. The minimum Gasteiger partial charge on any atom is -0.480 e. The number of aliphatic carboxylic acids is 1. The van der Waals surface area contributed by atoms with Gasteiger partial charge in [0.25, 0.3) is 5.91 Å². The van der Waals surface area contributed by atoms with Crippen molar-refractivity contribution in [3.63, 3.8) is 0 Å². The van der Waals surface area contributed by atoms with Crippen molar-refractivity contribution in [3.05, 3.63) is 51.5 Å². The van der Waals surface area contributed by atoms with Crippen LogP contribution in [-0.2, 0) is 17.8 Å². The van der Waals surface area contributed by atoms with Gasteiger partial charge in [-0.3, -0.25) is 4.79 Å². The minimum absolute atomic E-state index is 0.308. The number of rotatable bonds is 2. The molecular weight excluding hydrogens is 288 g/mol. The van der Waals surface area contributed by atoms with Gasteiger partial charge >= 0.3 is 5.97 Å². The molecule has 0 spiro atoms. The molecule has 1 aromatic heterocycles. The molecule has 0 bridgehead atoms. The average molecular weight is 302 g/mol. The van der Waals surface area contributed by atoms with Crippen molar-refractivity contribution in [2.75, 3.05) is 0 Å². The lowest BCUT2D eigenvalue weighted by Gasteiger charge is -2.34. The number of hydrogen-bond acceptors (Lipinski definition) is 4. The first kappa shape index (κ1) is 13.8. The number of aryl methyl sites for hydroxylation is 1. The molecule has 1 aromatic carbocycles. The van der Waals surface area contributed by atoms with Crippen LogP contribution < -0.4 is 0 Å². The van der Waals surface area contributed by atoms with Crippen molar-refractivity contribution in [2.45, 2.75) is 25.9 Å². The number of carbonyl (C=O) groups is 2. The van der Waals surface area contributed by atoms with Crippen LogP contribution in [0.2, 0.25) is 0 Å². The fourth-order valence-electron chi connectivity index (χ4n) is 2.57. The molecule has 1 N–H and O–H groups in total. The summed E-state index contributed by atoms with van der Waals surface area (Å²) >= 11 is 1.39. The fraction of sp³-hybridized carbons (Fsp3) is 0.267. The number of fused-ring (bicyclic) bond motifs is 1. The molecule has 1 atom stereocenters. The zero-order chi connectivity index (χ0) is 15.0. The zero-order valence-corrected chi connectivity index (χ0v) is 12.3. The van der Waals surface area contributed by atoms with Crippen molar-refractivity contribution in [1.29, 1.82) is 0 Å². The fourth-order valence-corrected chi connectivity index (χ4v) is 3.15. The van der Waals surface area contributed by atoms with Crippen molar-refractivity contribution in [1.82, 2.24) is 9.88 Å². The number of hydrogen-bond donors (Lipinski definition) is 1. The van der Waals surface area contributed by atoms with E-state index in [4.69, 9.17) is 0 Å². The van der Waals surface area contributed by atoms with Gasteiger partial charge in [-0.05, 0) is 18.1 Å². The van der Waals surface area contributed by atoms with Crippen LogP contribution in [0.4, 0.5) is 0 Å². The van der Waals surface area contributed by atoms with Crippen LogP contribution in [0.15, 0.2) is 29.6 Å². The Kier molecular flexibility index (Phi) is 3.47. The number of carboxylic acid groups (broad SMARTS) is 1. The Morgan fingerprint density at radius 3 is 2.67 bits per heavy atom. The van der Waals surface area contributed by atoms with Crippen LogP contribution >= 0.6 is 11.3 Å². The molecular formula is C15H14N2O3S. The van der Waals surface area contributed by atoms with Crippen molar-refractivity contribution in [3.8, 4) is 0 Å². The summed E-state index contributed by atoms with van der Waals surface area (Å²) in [5.41, 5.74) is 2.31. The SMILES string of the molecule is Cc1nc(C(=O)N2Cc3ccccc3C[C@H]2C(=O)O)cs1. The van der Waals surface area contributed by atoms with Gasteiger partial charge in [-0.1, -0.05) is 24.3 Å². The quantitative estimate of drug-likeness (QED) is 0.922. The topological polar surface area (TPSA) is 70.5 Å². The molecule has 1 amide bonds. The highest BCUT2D eigenvalue weighted by Crippen LogP contribution is 2.25. The van der Waals surface area contributed by atoms with E-state index in [-0.39, 0.29) is 5.91 Å². The molecule has 0 aliphatic carbocycles. The summed E-state index contributed by atoms with van der Waals surface area (Å²) in [7, 11) is 0. The molecule has 0 unspecified atom stereocenters. The molecule has 0 saturated heterocycles. The third-order valence-corrected chi connectivity index (χ3v) is 4.41. The summed E-state index contributed by atoms with van der Waals surface area (Å²) in [4.78, 5) is 29.6. The lowest BCUT2D eigenvalue weighted by molar-refractivity contribution is -0.142. The smallest absolute Gasteiger partial charge is 0.326 e. The molecule has 21 heavy (non-hydrogen) atoms. The predicted octanol–water partition coefficient (Wildman–Crippen LogP) is 2.10. The summed E-state index contributed by atoms with van der Waals surface area (Å²) in [6.07, 6.45) is 0.334. The maximum atomic E-state index is 12.5. The van der Waals surface area contributed by atoms with Gasteiger partial charge in [0.2, 0.25) is 0 Å². The molecule has 5 nitrogen and oxygen atoms in total. The van der Waals surface area contributed by atoms with Crippen molar-refractivity contribution < 1.29 is 14.7 Å². The van der Waals surface area contributed by atoms with Crippen molar-refractivity contribution in [2.24, 2.45) is 0 Å². The van der Waals surface area contributed by atoms with Crippen molar-refractivity contribution >= 4 is 23.2 Å². The lowest BCUT2D eigenvalue weighted by atomic mass is 9.94. The second-order valence-corrected chi connectivity index (χ2v) is 6.07. The van der Waals surface area contributed by atoms with Gasteiger partial charge in [-0.2, -0.15) is 0 Å². The van der Waals surface area contributed by atoms with E-state index in [0.29, 0.717) is 18.7 Å². The maximum Gasteiger partial charge on any atom is 0.326 e.